The van der Waals surface area contributed by atoms with Crippen molar-refractivity contribution in [3.8, 4) is 22.8 Å². The monoisotopic (exact) mass is 484 g/mol. The first-order chi connectivity index (χ1) is 16.9. The number of fused-ring (bicyclic) bond motifs is 1. The van der Waals surface area contributed by atoms with Crippen molar-refractivity contribution in [3.63, 3.8) is 0 Å². The number of hydrazone groups is 1. The molecule has 4 rings (SSSR count). The summed E-state index contributed by atoms with van der Waals surface area (Å²) in [5.74, 6) is -1.40. The van der Waals surface area contributed by atoms with Crippen LogP contribution >= 0.6 is 0 Å². The molecule has 0 aliphatic heterocycles. The Kier molecular flexibility index (Phi) is 7.15. The molecule has 2 aromatic heterocycles. The number of carbonyl (C=O) groups is 1. The van der Waals surface area contributed by atoms with Crippen molar-refractivity contribution < 1.29 is 31.8 Å². The molecule has 0 saturated heterocycles. The topological polar surface area (TPSA) is 85.7 Å². The highest BCUT2D eigenvalue weighted by molar-refractivity contribution is 6.07. The van der Waals surface area contributed by atoms with Crippen LogP contribution in [-0.2, 0) is 0 Å². The van der Waals surface area contributed by atoms with Gasteiger partial charge in [0.1, 0.15) is 11.5 Å². The van der Waals surface area contributed by atoms with Gasteiger partial charge in [-0.2, -0.15) is 22.7 Å². The molecule has 1 N–H and O–H groups in total. The van der Waals surface area contributed by atoms with E-state index in [1.54, 1.807) is 54.9 Å². The molecule has 35 heavy (non-hydrogen) atoms. The van der Waals surface area contributed by atoms with Crippen molar-refractivity contribution in [2.75, 3.05) is 0 Å². The Morgan fingerprint density at radius 1 is 0.943 bits per heavy atom. The van der Waals surface area contributed by atoms with Crippen molar-refractivity contribution in [1.29, 1.82) is 0 Å². The molecule has 0 atom stereocenters. The number of amides is 1. The lowest BCUT2D eigenvalue weighted by atomic mass is 10.0. The lowest BCUT2D eigenvalue weighted by Gasteiger charge is -2.11. The van der Waals surface area contributed by atoms with Gasteiger partial charge in [0.25, 0.3) is 5.91 Å². The zero-order valence-electron chi connectivity index (χ0n) is 17.7. The number of alkyl halides is 4. The summed E-state index contributed by atoms with van der Waals surface area (Å²) < 4.78 is 58.9. The smallest absolute Gasteiger partial charge is 0.387 e. The highest BCUT2D eigenvalue weighted by atomic mass is 19.3. The third kappa shape index (κ3) is 5.88. The third-order valence-electron chi connectivity index (χ3n) is 4.73. The molecule has 0 saturated carbocycles. The fraction of sp³-hybridized carbons (Fsp3) is 0.0833. The standard InChI is InChI=1S/C24H16F4N4O3/c25-23(26)34-16-6-5-15(21(11-16)35-24(27)28)13-30-32-22(33)18-12-20(14-7-9-29-10-8-14)31-19-4-2-1-3-17(18)19/h1-13,23-24H,(H,32,33). The second-order valence-electron chi connectivity index (χ2n) is 6.96. The number of halogens is 4. The first kappa shape index (κ1) is 23.6. The van der Waals surface area contributed by atoms with E-state index in [-0.39, 0.29) is 16.9 Å². The quantitative estimate of drug-likeness (QED) is 0.209. The van der Waals surface area contributed by atoms with Crippen LogP contribution in [0.25, 0.3) is 22.2 Å². The Balaban J connectivity index is 1.61. The minimum absolute atomic E-state index is 0.00396. The van der Waals surface area contributed by atoms with Gasteiger partial charge in [0.05, 0.1) is 23.0 Å². The second kappa shape index (κ2) is 10.6. The summed E-state index contributed by atoms with van der Waals surface area (Å²) in [5, 5.41) is 4.39. The predicted molar refractivity (Wildman–Crippen MR) is 120 cm³/mol. The highest BCUT2D eigenvalue weighted by Gasteiger charge is 2.15. The van der Waals surface area contributed by atoms with Crippen LogP contribution < -0.4 is 14.9 Å². The molecule has 0 spiro atoms. The van der Waals surface area contributed by atoms with Gasteiger partial charge < -0.3 is 9.47 Å². The number of benzene rings is 2. The van der Waals surface area contributed by atoms with Crippen molar-refractivity contribution in [3.05, 3.63) is 84.2 Å². The number of hydrogen-bond donors (Lipinski definition) is 1. The van der Waals surface area contributed by atoms with E-state index in [1.807, 2.05) is 0 Å². The zero-order valence-corrected chi connectivity index (χ0v) is 17.7. The highest BCUT2D eigenvalue weighted by Crippen LogP contribution is 2.27. The van der Waals surface area contributed by atoms with Gasteiger partial charge in [0.2, 0.25) is 0 Å². The summed E-state index contributed by atoms with van der Waals surface area (Å²) in [7, 11) is 0. The van der Waals surface area contributed by atoms with Crippen LogP contribution in [0, 0.1) is 0 Å². The zero-order chi connectivity index (χ0) is 24.8. The second-order valence-corrected chi connectivity index (χ2v) is 6.96. The number of para-hydroxylation sites is 1. The van der Waals surface area contributed by atoms with Crippen LogP contribution in [0.1, 0.15) is 15.9 Å². The maximum absolute atomic E-state index is 13.0. The van der Waals surface area contributed by atoms with Gasteiger partial charge in [0.15, 0.2) is 0 Å². The molecule has 0 aliphatic carbocycles. The SMILES string of the molecule is O=C(NN=Cc1ccc(OC(F)F)cc1OC(F)F)c1cc(-c2ccncc2)nc2ccccc12. The Morgan fingerprint density at radius 3 is 2.43 bits per heavy atom. The van der Waals surface area contributed by atoms with E-state index in [2.05, 4.69) is 30.0 Å². The van der Waals surface area contributed by atoms with E-state index in [1.165, 1.54) is 6.07 Å². The Labute approximate surface area is 196 Å². The lowest BCUT2D eigenvalue weighted by Crippen LogP contribution is -2.18. The van der Waals surface area contributed by atoms with Crippen molar-refractivity contribution >= 4 is 23.0 Å². The number of pyridine rings is 2. The minimum atomic E-state index is -3.21. The van der Waals surface area contributed by atoms with Gasteiger partial charge in [-0.25, -0.2) is 10.4 Å². The number of rotatable bonds is 8. The number of hydrogen-bond acceptors (Lipinski definition) is 6. The molecule has 7 nitrogen and oxygen atoms in total. The summed E-state index contributed by atoms with van der Waals surface area (Å²) in [6.45, 7) is -6.35. The van der Waals surface area contributed by atoms with E-state index in [0.29, 0.717) is 16.6 Å². The van der Waals surface area contributed by atoms with Crippen molar-refractivity contribution in [2.45, 2.75) is 13.2 Å². The fourth-order valence-corrected chi connectivity index (χ4v) is 3.25. The molecule has 2 heterocycles. The number of nitrogens with zero attached hydrogens (tertiary/aromatic N) is 3. The number of ether oxygens (including phenoxy) is 2. The maximum Gasteiger partial charge on any atom is 0.387 e. The third-order valence-corrected chi connectivity index (χ3v) is 4.73. The molecule has 0 radical (unpaired) electrons. The van der Waals surface area contributed by atoms with Crippen LogP contribution in [0.3, 0.4) is 0 Å². The molecule has 2 aromatic carbocycles. The Hall–Kier alpha value is -4.54. The van der Waals surface area contributed by atoms with Crippen molar-refractivity contribution in [1.82, 2.24) is 15.4 Å². The summed E-state index contributed by atoms with van der Waals surface area (Å²) >= 11 is 0. The van der Waals surface area contributed by atoms with Gasteiger partial charge in [-0.1, -0.05) is 18.2 Å². The molecule has 0 aliphatic rings. The molecule has 178 valence electrons. The van der Waals surface area contributed by atoms with Gasteiger partial charge in [0, 0.05) is 35.0 Å². The van der Waals surface area contributed by atoms with Crippen LogP contribution in [0.4, 0.5) is 17.6 Å². The molecule has 4 aromatic rings. The largest absolute Gasteiger partial charge is 0.435 e. The van der Waals surface area contributed by atoms with Crippen LogP contribution in [0.2, 0.25) is 0 Å². The van der Waals surface area contributed by atoms with E-state index in [9.17, 15) is 22.4 Å². The predicted octanol–water partition coefficient (Wildman–Crippen LogP) is 5.26. The number of aromatic nitrogens is 2. The average Bonchev–Trinajstić information content (AvgIpc) is 2.84. The van der Waals surface area contributed by atoms with Gasteiger partial charge in [-0.15, -0.1) is 0 Å². The number of carbonyl (C=O) groups excluding carboxylic acids is 1. The molecule has 0 bridgehead atoms. The Morgan fingerprint density at radius 2 is 1.69 bits per heavy atom. The van der Waals surface area contributed by atoms with E-state index in [0.717, 1.165) is 23.9 Å². The molecule has 0 unspecified atom stereocenters. The van der Waals surface area contributed by atoms with Crippen molar-refractivity contribution in [2.24, 2.45) is 5.10 Å². The van der Waals surface area contributed by atoms with E-state index < -0.39 is 24.9 Å². The maximum atomic E-state index is 13.0. The molecule has 1 amide bonds. The van der Waals surface area contributed by atoms with Gasteiger partial charge in [-0.05, 0) is 36.4 Å². The summed E-state index contributed by atoms with van der Waals surface area (Å²) in [4.78, 5) is 21.5. The molecule has 11 heteroatoms. The normalized spacial score (nSPS) is 11.4. The van der Waals surface area contributed by atoms with E-state index >= 15 is 0 Å². The average molecular weight is 484 g/mol. The van der Waals surface area contributed by atoms with Crippen LogP contribution in [0.15, 0.2) is 78.2 Å². The first-order valence-electron chi connectivity index (χ1n) is 10.1. The fourth-order valence-electron chi connectivity index (χ4n) is 3.25. The number of nitrogens with one attached hydrogen (secondary N) is 1. The van der Waals surface area contributed by atoms with Gasteiger partial charge >= 0.3 is 13.2 Å². The summed E-state index contributed by atoms with van der Waals surface area (Å²) in [6.07, 6.45) is 4.26. The van der Waals surface area contributed by atoms with Crippen LogP contribution in [0.5, 0.6) is 11.5 Å². The minimum Gasteiger partial charge on any atom is -0.435 e. The Bertz CT molecular complexity index is 1370. The molecular formula is C24H16F4N4O3. The lowest BCUT2D eigenvalue weighted by molar-refractivity contribution is -0.0543. The summed E-state index contributed by atoms with van der Waals surface area (Å²) in [6, 6.07) is 15.3. The van der Waals surface area contributed by atoms with E-state index in [4.69, 9.17) is 0 Å². The van der Waals surface area contributed by atoms with Gasteiger partial charge in [-0.3, -0.25) is 9.78 Å². The first-order valence-corrected chi connectivity index (χ1v) is 10.1. The van der Waals surface area contributed by atoms with Crippen LogP contribution in [-0.4, -0.2) is 35.3 Å². The molecular weight excluding hydrogens is 468 g/mol. The summed E-state index contributed by atoms with van der Waals surface area (Å²) in [5.41, 5.74) is 4.51. The molecule has 0 fully saturated rings.